The minimum absolute atomic E-state index is 0.259. The van der Waals surface area contributed by atoms with Gasteiger partial charge in [0.25, 0.3) is 0 Å². The van der Waals surface area contributed by atoms with Crippen molar-refractivity contribution in [1.29, 1.82) is 0 Å². The molecule has 2 aliphatic heterocycles. The predicted octanol–water partition coefficient (Wildman–Crippen LogP) is 1.75. The highest BCUT2D eigenvalue weighted by atomic mass is 32.2. The molecule has 0 aliphatic carbocycles. The van der Waals surface area contributed by atoms with E-state index in [0.717, 1.165) is 12.2 Å². The Kier molecular flexibility index (Phi) is 1.97. The van der Waals surface area contributed by atoms with Crippen LogP contribution in [0.5, 0.6) is 0 Å². The van der Waals surface area contributed by atoms with Gasteiger partial charge in [0.15, 0.2) is 0 Å². The van der Waals surface area contributed by atoms with Crippen LogP contribution >= 0.6 is 11.8 Å². The second-order valence-electron chi connectivity index (χ2n) is 2.97. The molecule has 0 aromatic rings. The lowest BCUT2D eigenvalue weighted by atomic mass is 10.2. The molecule has 1 fully saturated rings. The van der Waals surface area contributed by atoms with Crippen molar-refractivity contribution in [3.05, 3.63) is 23.9 Å². The van der Waals surface area contributed by atoms with Crippen LogP contribution in [0, 0.1) is 0 Å². The van der Waals surface area contributed by atoms with E-state index in [1.165, 1.54) is 5.57 Å². The summed E-state index contributed by atoms with van der Waals surface area (Å²) < 4.78 is 0. The van der Waals surface area contributed by atoms with Crippen LogP contribution in [-0.2, 0) is 4.79 Å². The minimum Gasteiger partial charge on any atom is -0.306 e. The normalized spacial score (nSPS) is 28.4. The largest absolute Gasteiger partial charge is 0.306 e. The first-order valence-electron chi connectivity index (χ1n) is 4.07. The number of fused-ring (bicyclic) bond motifs is 1. The second-order valence-corrected chi connectivity index (χ2v) is 4.14. The lowest BCUT2D eigenvalue weighted by Crippen LogP contribution is -2.48. The zero-order valence-corrected chi connectivity index (χ0v) is 7.80. The van der Waals surface area contributed by atoms with Crippen molar-refractivity contribution in [2.24, 2.45) is 0 Å². The van der Waals surface area contributed by atoms with E-state index >= 15 is 0 Å². The summed E-state index contributed by atoms with van der Waals surface area (Å²) in [6.07, 6.45) is 6.78. The first kappa shape index (κ1) is 7.92. The number of β-lactam (4-membered cyclic amide) rings is 1. The molecule has 2 heterocycles. The Balaban J connectivity index is 2.13. The van der Waals surface area contributed by atoms with Crippen LogP contribution in [0.2, 0.25) is 0 Å². The molecule has 2 aliphatic rings. The summed E-state index contributed by atoms with van der Waals surface area (Å²) in [4.78, 5) is 12.9. The fourth-order valence-corrected chi connectivity index (χ4v) is 2.56. The molecule has 64 valence electrons. The van der Waals surface area contributed by atoms with E-state index < -0.39 is 0 Å². The first-order valence-corrected chi connectivity index (χ1v) is 5.12. The molecule has 0 radical (unpaired) electrons. The van der Waals surface area contributed by atoms with Crippen molar-refractivity contribution >= 4 is 17.7 Å². The molecule has 3 heteroatoms. The monoisotopic (exact) mass is 181 g/mol. The molecule has 0 bridgehead atoms. The zero-order valence-electron chi connectivity index (χ0n) is 6.99. The summed E-state index contributed by atoms with van der Waals surface area (Å²) in [6, 6.07) is 0. The van der Waals surface area contributed by atoms with Crippen LogP contribution in [0.15, 0.2) is 23.9 Å². The van der Waals surface area contributed by atoms with E-state index in [4.69, 9.17) is 0 Å². The summed E-state index contributed by atoms with van der Waals surface area (Å²) in [7, 11) is 0. The zero-order chi connectivity index (χ0) is 8.55. The van der Waals surface area contributed by atoms with Crippen molar-refractivity contribution in [2.75, 3.05) is 5.75 Å². The Morgan fingerprint density at radius 2 is 2.58 bits per heavy atom. The number of nitrogens with zero attached hydrogens (tertiary/aromatic N) is 1. The molecular formula is C9H11NOS. The average molecular weight is 181 g/mol. The van der Waals surface area contributed by atoms with Gasteiger partial charge in [-0.2, -0.15) is 0 Å². The molecule has 2 nitrogen and oxygen atoms in total. The summed E-state index contributed by atoms with van der Waals surface area (Å²) in [5.41, 5.74) is 1.24. The molecule has 0 aromatic heterocycles. The van der Waals surface area contributed by atoms with Crippen molar-refractivity contribution in [2.45, 2.75) is 18.7 Å². The van der Waals surface area contributed by atoms with E-state index in [1.54, 1.807) is 0 Å². The van der Waals surface area contributed by atoms with Gasteiger partial charge in [0.1, 0.15) is 0 Å². The lowest BCUT2D eigenvalue weighted by Gasteiger charge is -2.40. The van der Waals surface area contributed by atoms with Crippen LogP contribution in [-0.4, -0.2) is 21.9 Å². The third-order valence-corrected chi connectivity index (χ3v) is 3.35. The Bertz CT molecular complexity index is 270. The van der Waals surface area contributed by atoms with Crippen LogP contribution in [0.4, 0.5) is 0 Å². The Morgan fingerprint density at radius 3 is 3.25 bits per heavy atom. The number of amides is 1. The molecule has 2 rings (SSSR count). The molecule has 12 heavy (non-hydrogen) atoms. The van der Waals surface area contributed by atoms with Gasteiger partial charge in [-0.3, -0.25) is 4.79 Å². The molecule has 1 atom stereocenters. The molecule has 0 N–H and O–H groups in total. The molecule has 1 unspecified atom stereocenters. The SMILES string of the molecule is C/C=C/C1=CN2C(=O)CC2SC1. The Hall–Kier alpha value is -0.700. The number of thioether (sulfide) groups is 1. The Morgan fingerprint density at radius 1 is 1.75 bits per heavy atom. The van der Waals surface area contributed by atoms with Crippen LogP contribution in [0.3, 0.4) is 0 Å². The van der Waals surface area contributed by atoms with E-state index in [2.05, 4.69) is 6.08 Å². The summed E-state index contributed by atoms with van der Waals surface area (Å²) >= 11 is 1.85. The van der Waals surface area contributed by atoms with Gasteiger partial charge >= 0.3 is 0 Å². The van der Waals surface area contributed by atoms with Gasteiger partial charge in [-0.05, 0) is 12.5 Å². The summed E-state index contributed by atoms with van der Waals surface area (Å²) in [5, 5.41) is 0.437. The topological polar surface area (TPSA) is 20.3 Å². The van der Waals surface area contributed by atoms with Gasteiger partial charge in [-0.1, -0.05) is 12.2 Å². The quantitative estimate of drug-likeness (QED) is 0.574. The third-order valence-electron chi connectivity index (χ3n) is 2.08. The fraction of sp³-hybridized carbons (Fsp3) is 0.444. The highest BCUT2D eigenvalue weighted by Gasteiger charge is 2.37. The predicted molar refractivity (Wildman–Crippen MR) is 50.6 cm³/mol. The van der Waals surface area contributed by atoms with Crippen LogP contribution < -0.4 is 0 Å². The molecular weight excluding hydrogens is 170 g/mol. The van der Waals surface area contributed by atoms with E-state index in [1.807, 2.05) is 35.9 Å². The molecule has 0 spiro atoms. The summed E-state index contributed by atoms with van der Waals surface area (Å²) in [5.74, 6) is 1.30. The smallest absolute Gasteiger partial charge is 0.230 e. The fourth-order valence-electron chi connectivity index (χ4n) is 1.41. The van der Waals surface area contributed by atoms with Crippen molar-refractivity contribution < 1.29 is 4.79 Å². The van der Waals surface area contributed by atoms with E-state index in [0.29, 0.717) is 5.37 Å². The van der Waals surface area contributed by atoms with E-state index in [9.17, 15) is 4.79 Å². The van der Waals surface area contributed by atoms with Crippen molar-refractivity contribution in [3.63, 3.8) is 0 Å². The number of hydrogen-bond acceptors (Lipinski definition) is 2. The van der Waals surface area contributed by atoms with Gasteiger partial charge < -0.3 is 4.90 Å². The van der Waals surface area contributed by atoms with Gasteiger partial charge in [-0.25, -0.2) is 0 Å². The van der Waals surface area contributed by atoms with E-state index in [-0.39, 0.29) is 5.91 Å². The second kappa shape index (κ2) is 2.98. The average Bonchev–Trinajstić information content (AvgIpc) is 2.07. The highest BCUT2D eigenvalue weighted by Crippen LogP contribution is 2.35. The molecule has 1 amide bonds. The molecule has 0 saturated carbocycles. The number of hydrogen-bond donors (Lipinski definition) is 0. The third kappa shape index (κ3) is 1.18. The maximum atomic E-state index is 11.1. The Labute approximate surface area is 76.3 Å². The van der Waals surface area contributed by atoms with Gasteiger partial charge in [0.2, 0.25) is 5.91 Å². The van der Waals surface area contributed by atoms with Crippen LogP contribution in [0.25, 0.3) is 0 Å². The number of allylic oxidation sites excluding steroid dienone is 2. The minimum atomic E-state index is 0.259. The van der Waals surface area contributed by atoms with Crippen molar-refractivity contribution in [1.82, 2.24) is 4.90 Å². The number of carbonyl (C=O) groups is 1. The van der Waals surface area contributed by atoms with Crippen LogP contribution in [0.1, 0.15) is 13.3 Å². The number of carbonyl (C=O) groups excluding carboxylic acids is 1. The summed E-state index contributed by atoms with van der Waals surface area (Å²) in [6.45, 7) is 2.00. The molecule has 1 saturated heterocycles. The van der Waals surface area contributed by atoms with Gasteiger partial charge in [0.05, 0.1) is 11.8 Å². The van der Waals surface area contributed by atoms with Gasteiger partial charge in [0, 0.05) is 12.0 Å². The van der Waals surface area contributed by atoms with Crippen molar-refractivity contribution in [3.8, 4) is 0 Å². The lowest BCUT2D eigenvalue weighted by molar-refractivity contribution is -0.137. The highest BCUT2D eigenvalue weighted by molar-refractivity contribution is 8.00. The van der Waals surface area contributed by atoms with Gasteiger partial charge in [-0.15, -0.1) is 11.8 Å². The standard InChI is InChI=1S/C9H11NOS/c1-2-3-7-5-10-8(11)4-9(10)12-6-7/h2-3,5,9H,4,6H2,1H3/b3-2+. The maximum Gasteiger partial charge on any atom is 0.230 e. The first-order chi connectivity index (χ1) is 5.81. The maximum absolute atomic E-state index is 11.1. The molecule has 0 aromatic carbocycles. The number of rotatable bonds is 1.